The van der Waals surface area contributed by atoms with Crippen LogP contribution in [0.1, 0.15) is 12.8 Å². The standard InChI is InChI=1S/C6H7NO2.C6H10O3/c1-7-5-3-4-6(8)9-2;1-9-6(8)4-2-3-5-7/h3,5H,4H2,2H3;2-3,7H,4-5H2,1H3. The highest BCUT2D eigenvalue weighted by molar-refractivity contribution is 5.71. The molecule has 0 rings (SSSR count). The Hall–Kier alpha value is -2.13. The Morgan fingerprint density at radius 3 is 2.00 bits per heavy atom. The quantitative estimate of drug-likeness (QED) is 0.452. The van der Waals surface area contributed by atoms with Crippen molar-refractivity contribution < 1.29 is 24.2 Å². The van der Waals surface area contributed by atoms with E-state index in [1.807, 2.05) is 0 Å². The van der Waals surface area contributed by atoms with Gasteiger partial charge in [-0.05, 0) is 0 Å². The number of methoxy groups -OCH3 is 2. The van der Waals surface area contributed by atoms with Gasteiger partial charge < -0.3 is 14.6 Å². The van der Waals surface area contributed by atoms with E-state index in [0.29, 0.717) is 0 Å². The molecule has 0 heterocycles. The monoisotopic (exact) mass is 255 g/mol. The SMILES string of the molecule is COC(=O)CC=CCO.[C-]#[N+]C=CCC(=O)OC. The van der Waals surface area contributed by atoms with Crippen molar-refractivity contribution in [3.05, 3.63) is 35.8 Å². The number of hydrogen-bond acceptors (Lipinski definition) is 5. The van der Waals surface area contributed by atoms with Crippen molar-refractivity contribution in [3.63, 3.8) is 0 Å². The van der Waals surface area contributed by atoms with E-state index in [4.69, 9.17) is 11.7 Å². The van der Waals surface area contributed by atoms with Crippen molar-refractivity contribution in [1.29, 1.82) is 0 Å². The summed E-state index contributed by atoms with van der Waals surface area (Å²) in [7, 11) is 2.64. The maximum absolute atomic E-state index is 10.3. The van der Waals surface area contributed by atoms with Crippen molar-refractivity contribution in [2.75, 3.05) is 20.8 Å². The zero-order valence-corrected chi connectivity index (χ0v) is 10.5. The van der Waals surface area contributed by atoms with E-state index in [0.717, 1.165) is 0 Å². The van der Waals surface area contributed by atoms with Crippen LogP contribution < -0.4 is 0 Å². The average Bonchev–Trinajstić information content (AvgIpc) is 2.39. The Bertz CT molecular complexity index is 328. The third-order valence-electron chi connectivity index (χ3n) is 1.48. The predicted octanol–water partition coefficient (Wildman–Crippen LogP) is 1.08. The first kappa shape index (κ1) is 18.2. The van der Waals surface area contributed by atoms with Gasteiger partial charge in [0.15, 0.2) is 6.20 Å². The van der Waals surface area contributed by atoms with E-state index in [1.54, 1.807) is 6.08 Å². The second-order valence-electron chi connectivity index (χ2n) is 2.73. The molecule has 0 bridgehead atoms. The highest BCUT2D eigenvalue weighted by Crippen LogP contribution is 1.86. The molecule has 0 unspecified atom stereocenters. The number of rotatable bonds is 5. The summed E-state index contributed by atoms with van der Waals surface area (Å²) in [4.78, 5) is 23.5. The number of carbonyl (C=O) groups is 2. The van der Waals surface area contributed by atoms with Crippen molar-refractivity contribution >= 4 is 11.9 Å². The summed E-state index contributed by atoms with van der Waals surface area (Å²) in [6.07, 6.45) is 6.16. The van der Waals surface area contributed by atoms with E-state index in [1.165, 1.54) is 32.6 Å². The molecule has 0 saturated carbocycles. The number of nitrogens with zero attached hydrogens (tertiary/aromatic N) is 1. The third kappa shape index (κ3) is 16.3. The summed E-state index contributed by atoms with van der Waals surface area (Å²) in [6, 6.07) is 0. The zero-order chi connectivity index (χ0) is 14.2. The van der Waals surface area contributed by atoms with Gasteiger partial charge in [0.2, 0.25) is 0 Å². The van der Waals surface area contributed by atoms with Crippen molar-refractivity contribution in [3.8, 4) is 0 Å². The molecular formula is C12H17NO5. The van der Waals surface area contributed by atoms with Gasteiger partial charge in [-0.25, -0.2) is 4.85 Å². The molecule has 6 heteroatoms. The van der Waals surface area contributed by atoms with Gasteiger partial charge in [-0.15, -0.1) is 0 Å². The number of aliphatic hydroxyl groups excluding tert-OH is 1. The van der Waals surface area contributed by atoms with Gasteiger partial charge >= 0.3 is 11.9 Å². The number of carbonyl (C=O) groups excluding carboxylic acids is 2. The van der Waals surface area contributed by atoms with Crippen LogP contribution in [0.2, 0.25) is 0 Å². The molecule has 6 nitrogen and oxygen atoms in total. The van der Waals surface area contributed by atoms with Crippen LogP contribution in [0.3, 0.4) is 0 Å². The van der Waals surface area contributed by atoms with Gasteiger partial charge in [0.05, 0.1) is 40.2 Å². The summed E-state index contributed by atoms with van der Waals surface area (Å²) in [5.41, 5.74) is 0. The number of hydrogen-bond donors (Lipinski definition) is 1. The first-order valence-corrected chi connectivity index (χ1v) is 5.03. The van der Waals surface area contributed by atoms with Crippen molar-refractivity contribution in [2.24, 2.45) is 0 Å². The number of ether oxygens (including phenoxy) is 2. The highest BCUT2D eigenvalue weighted by Gasteiger charge is 1.92. The molecule has 0 fully saturated rings. The van der Waals surface area contributed by atoms with Crippen molar-refractivity contribution in [2.45, 2.75) is 12.8 Å². The average molecular weight is 255 g/mol. The minimum absolute atomic E-state index is 0.0308. The molecular weight excluding hydrogens is 238 g/mol. The molecule has 0 aromatic rings. The Morgan fingerprint density at radius 1 is 1.11 bits per heavy atom. The molecule has 0 aliphatic heterocycles. The molecule has 0 aliphatic rings. The smallest absolute Gasteiger partial charge is 0.309 e. The first-order valence-electron chi connectivity index (χ1n) is 5.03. The lowest BCUT2D eigenvalue weighted by atomic mass is 10.4. The Kier molecular flexibility index (Phi) is 15.1. The Balaban J connectivity index is 0. The summed E-state index contributed by atoms with van der Waals surface area (Å²) in [5, 5.41) is 8.21. The first-order chi connectivity index (χ1) is 8.62. The van der Waals surface area contributed by atoms with Gasteiger partial charge in [0.1, 0.15) is 0 Å². The maximum atomic E-state index is 10.3. The fourth-order valence-corrected chi connectivity index (χ4v) is 0.622. The van der Waals surface area contributed by atoms with Crippen molar-refractivity contribution in [1.82, 2.24) is 0 Å². The molecule has 0 saturated heterocycles. The zero-order valence-electron chi connectivity index (χ0n) is 10.5. The highest BCUT2D eigenvalue weighted by atomic mass is 16.5. The molecule has 0 aliphatic carbocycles. The predicted molar refractivity (Wildman–Crippen MR) is 65.2 cm³/mol. The van der Waals surface area contributed by atoms with Crippen LogP contribution in [0, 0.1) is 6.57 Å². The molecule has 0 amide bonds. The number of aliphatic hydroxyl groups is 1. The molecule has 0 radical (unpaired) electrons. The third-order valence-corrected chi connectivity index (χ3v) is 1.48. The van der Waals surface area contributed by atoms with E-state index >= 15 is 0 Å². The molecule has 0 spiro atoms. The van der Waals surface area contributed by atoms with E-state index < -0.39 is 0 Å². The summed E-state index contributed by atoms with van der Waals surface area (Å²) in [5.74, 6) is -0.616. The minimum Gasteiger partial charge on any atom is -0.469 e. The van der Waals surface area contributed by atoms with Crippen LogP contribution in [0.5, 0.6) is 0 Å². The van der Waals surface area contributed by atoms with Gasteiger partial charge in [0, 0.05) is 0 Å². The molecule has 0 aromatic carbocycles. The molecule has 1 N–H and O–H groups in total. The molecule has 100 valence electrons. The maximum Gasteiger partial charge on any atom is 0.309 e. The van der Waals surface area contributed by atoms with Crippen LogP contribution in [-0.2, 0) is 19.1 Å². The molecule has 0 atom stereocenters. The second-order valence-corrected chi connectivity index (χ2v) is 2.73. The second kappa shape index (κ2) is 14.9. The summed E-state index contributed by atoms with van der Waals surface area (Å²) >= 11 is 0. The minimum atomic E-state index is -0.324. The fourth-order valence-electron chi connectivity index (χ4n) is 0.622. The van der Waals surface area contributed by atoms with E-state index in [9.17, 15) is 9.59 Å². The fraction of sp³-hybridized carbons (Fsp3) is 0.417. The van der Waals surface area contributed by atoms with Crippen LogP contribution in [0.4, 0.5) is 0 Å². The largest absolute Gasteiger partial charge is 0.469 e. The topological polar surface area (TPSA) is 77.2 Å². The lowest BCUT2D eigenvalue weighted by molar-refractivity contribution is -0.140. The van der Waals surface area contributed by atoms with Gasteiger partial charge in [0.25, 0.3) is 0 Å². The van der Waals surface area contributed by atoms with Crippen LogP contribution in [-0.4, -0.2) is 37.9 Å². The van der Waals surface area contributed by atoms with Gasteiger partial charge in [-0.1, -0.05) is 18.2 Å². The van der Waals surface area contributed by atoms with Crippen LogP contribution in [0.15, 0.2) is 24.4 Å². The Labute approximate surface area is 106 Å². The van der Waals surface area contributed by atoms with E-state index in [2.05, 4.69) is 14.3 Å². The van der Waals surface area contributed by atoms with Crippen LogP contribution >= 0.6 is 0 Å². The normalized spacial score (nSPS) is 9.44. The Morgan fingerprint density at radius 2 is 1.61 bits per heavy atom. The van der Waals surface area contributed by atoms with Gasteiger partial charge in [-0.2, -0.15) is 0 Å². The molecule has 0 aromatic heterocycles. The molecule has 18 heavy (non-hydrogen) atoms. The lowest BCUT2D eigenvalue weighted by Gasteiger charge is -1.90. The lowest BCUT2D eigenvalue weighted by Crippen LogP contribution is -1.96. The van der Waals surface area contributed by atoms with Gasteiger partial charge in [-0.3, -0.25) is 9.59 Å². The summed E-state index contributed by atoms with van der Waals surface area (Å²) in [6.45, 7) is 6.26. The van der Waals surface area contributed by atoms with E-state index in [-0.39, 0.29) is 31.4 Å². The summed E-state index contributed by atoms with van der Waals surface area (Å²) < 4.78 is 8.63. The van der Waals surface area contributed by atoms with Crippen LogP contribution in [0.25, 0.3) is 4.85 Å². The number of esters is 2.